The third-order valence-corrected chi connectivity index (χ3v) is 13.0. The number of esters is 1. The molecular formula is C57H109NO5. The number of rotatable bonds is 52. The van der Waals surface area contributed by atoms with Gasteiger partial charge in [0.15, 0.2) is 0 Å². The summed E-state index contributed by atoms with van der Waals surface area (Å²) in [5.74, 6) is -0.0775. The van der Waals surface area contributed by atoms with Crippen LogP contribution in [0, 0.1) is 0 Å². The Morgan fingerprint density at radius 1 is 0.429 bits per heavy atom. The molecule has 2 atom stereocenters. The van der Waals surface area contributed by atoms with Crippen molar-refractivity contribution in [1.82, 2.24) is 5.32 Å². The number of hydrogen-bond acceptors (Lipinski definition) is 5. The van der Waals surface area contributed by atoms with Gasteiger partial charge in [0.05, 0.1) is 25.4 Å². The zero-order chi connectivity index (χ0) is 45.8. The summed E-state index contributed by atoms with van der Waals surface area (Å²) in [5.41, 5.74) is 0. The summed E-state index contributed by atoms with van der Waals surface area (Å²) in [4.78, 5) is 24.5. The predicted molar refractivity (Wildman–Crippen MR) is 273 cm³/mol. The molecule has 2 unspecified atom stereocenters. The summed E-state index contributed by atoms with van der Waals surface area (Å²) in [6.45, 7) is 4.88. The number of unbranched alkanes of at least 4 members (excludes halogenated alkanes) is 39. The summed E-state index contributed by atoms with van der Waals surface area (Å²) in [5, 5.41) is 23.1. The number of ether oxygens (including phenoxy) is 1. The van der Waals surface area contributed by atoms with Gasteiger partial charge in [0.2, 0.25) is 5.91 Å². The van der Waals surface area contributed by atoms with Gasteiger partial charge in [0, 0.05) is 12.8 Å². The van der Waals surface area contributed by atoms with Crippen LogP contribution in [0.5, 0.6) is 0 Å². The molecular weight excluding hydrogens is 779 g/mol. The molecule has 372 valence electrons. The highest BCUT2D eigenvalue weighted by molar-refractivity contribution is 5.76. The highest BCUT2D eigenvalue weighted by Gasteiger charge is 2.18. The Hall–Kier alpha value is -1.66. The Bertz CT molecular complexity index is 982. The van der Waals surface area contributed by atoms with Crippen molar-refractivity contribution in [2.24, 2.45) is 0 Å². The summed E-state index contributed by atoms with van der Waals surface area (Å²) >= 11 is 0. The monoisotopic (exact) mass is 888 g/mol. The Kier molecular flexibility index (Phi) is 51.6. The molecule has 0 aliphatic heterocycles. The van der Waals surface area contributed by atoms with Gasteiger partial charge in [0.1, 0.15) is 0 Å². The normalized spacial score (nSPS) is 12.8. The van der Waals surface area contributed by atoms with E-state index < -0.39 is 12.1 Å². The zero-order valence-electron chi connectivity index (χ0n) is 42.3. The van der Waals surface area contributed by atoms with Gasteiger partial charge in [-0.15, -0.1) is 0 Å². The van der Waals surface area contributed by atoms with E-state index in [4.69, 9.17) is 4.74 Å². The van der Waals surface area contributed by atoms with Gasteiger partial charge >= 0.3 is 5.97 Å². The summed E-state index contributed by atoms with van der Waals surface area (Å²) in [6, 6.07) is -0.632. The largest absolute Gasteiger partial charge is 0.466 e. The highest BCUT2D eigenvalue weighted by atomic mass is 16.5. The maximum Gasteiger partial charge on any atom is 0.305 e. The van der Waals surface area contributed by atoms with Crippen LogP contribution in [0.3, 0.4) is 0 Å². The zero-order valence-corrected chi connectivity index (χ0v) is 42.3. The number of amides is 1. The number of aliphatic hydroxyl groups is 2. The number of nitrogens with one attached hydrogen (secondary N) is 1. The molecule has 0 fully saturated rings. The van der Waals surface area contributed by atoms with Crippen LogP contribution in [0.25, 0.3) is 0 Å². The third-order valence-electron chi connectivity index (χ3n) is 13.0. The number of carbonyl (C=O) groups excluding carboxylic acids is 2. The minimum absolute atomic E-state index is 0.00558. The lowest BCUT2D eigenvalue weighted by molar-refractivity contribution is -0.143. The second-order valence-electron chi connectivity index (χ2n) is 19.3. The average molecular weight is 889 g/mol. The lowest BCUT2D eigenvalue weighted by Gasteiger charge is -2.20. The summed E-state index contributed by atoms with van der Waals surface area (Å²) in [7, 11) is 0. The first-order valence-corrected chi connectivity index (χ1v) is 28.1. The van der Waals surface area contributed by atoms with Crippen molar-refractivity contribution in [3.8, 4) is 0 Å². The fourth-order valence-electron chi connectivity index (χ4n) is 8.63. The fourth-order valence-corrected chi connectivity index (χ4v) is 8.63. The van der Waals surface area contributed by atoms with Gasteiger partial charge in [0.25, 0.3) is 0 Å². The second kappa shape index (κ2) is 53.0. The Morgan fingerprint density at radius 3 is 1.16 bits per heavy atom. The van der Waals surface area contributed by atoms with E-state index in [1.807, 2.05) is 6.08 Å². The predicted octanol–water partition coefficient (Wildman–Crippen LogP) is 17.1. The van der Waals surface area contributed by atoms with E-state index in [1.54, 1.807) is 6.08 Å². The summed E-state index contributed by atoms with van der Waals surface area (Å²) < 4.78 is 5.46. The van der Waals surface area contributed by atoms with E-state index in [2.05, 4.69) is 31.3 Å². The number of allylic oxidation sites excluding steroid dienone is 3. The van der Waals surface area contributed by atoms with Crippen molar-refractivity contribution in [3.63, 3.8) is 0 Å². The van der Waals surface area contributed by atoms with Crippen LogP contribution in [-0.4, -0.2) is 47.4 Å². The van der Waals surface area contributed by atoms with Crippen LogP contribution >= 0.6 is 0 Å². The van der Waals surface area contributed by atoms with Gasteiger partial charge in [-0.3, -0.25) is 9.59 Å². The molecule has 0 aromatic rings. The summed E-state index contributed by atoms with van der Waals surface area (Å²) in [6.07, 6.45) is 63.3. The molecule has 0 aromatic heterocycles. The first-order chi connectivity index (χ1) is 31.0. The Balaban J connectivity index is 3.46. The van der Waals surface area contributed by atoms with Crippen molar-refractivity contribution < 1.29 is 24.5 Å². The third kappa shape index (κ3) is 49.6. The smallest absolute Gasteiger partial charge is 0.305 e. The number of carbonyl (C=O) groups is 2. The second-order valence-corrected chi connectivity index (χ2v) is 19.3. The van der Waals surface area contributed by atoms with E-state index >= 15 is 0 Å². The highest BCUT2D eigenvalue weighted by Crippen LogP contribution is 2.17. The van der Waals surface area contributed by atoms with E-state index in [0.29, 0.717) is 19.4 Å². The van der Waals surface area contributed by atoms with Crippen molar-refractivity contribution in [2.45, 2.75) is 315 Å². The van der Waals surface area contributed by atoms with E-state index in [-0.39, 0.29) is 18.5 Å². The molecule has 6 nitrogen and oxygen atoms in total. The molecule has 0 heterocycles. The minimum atomic E-state index is -0.848. The maximum atomic E-state index is 12.5. The van der Waals surface area contributed by atoms with Crippen molar-refractivity contribution in [1.29, 1.82) is 0 Å². The standard InChI is InChI=1S/C57H109NO5/c1-3-5-7-9-11-13-15-17-18-20-23-26-29-33-37-41-45-49-55(60)54(53-59)58-56(61)50-46-42-38-34-30-27-24-21-19-22-25-28-32-36-40-44-48-52-63-57(62)51-47-43-39-35-31-16-14-12-10-8-6-4-2/h12,14,45,49,54-55,59-60H,3-11,13,15-44,46-48,50-53H2,1-2H3,(H,58,61)/b14-12-,49-45+. The number of hydrogen-bond donors (Lipinski definition) is 3. The van der Waals surface area contributed by atoms with Crippen LogP contribution in [0.1, 0.15) is 303 Å². The fraction of sp³-hybridized carbons (Fsp3) is 0.895. The first-order valence-electron chi connectivity index (χ1n) is 28.1. The molecule has 0 aliphatic rings. The van der Waals surface area contributed by atoms with Crippen molar-refractivity contribution in [3.05, 3.63) is 24.3 Å². The van der Waals surface area contributed by atoms with Crippen LogP contribution in [0.2, 0.25) is 0 Å². The van der Waals surface area contributed by atoms with E-state index in [1.165, 1.54) is 231 Å². The molecule has 1 amide bonds. The minimum Gasteiger partial charge on any atom is -0.466 e. The Morgan fingerprint density at radius 2 is 0.746 bits per heavy atom. The lowest BCUT2D eigenvalue weighted by Crippen LogP contribution is -2.45. The van der Waals surface area contributed by atoms with Gasteiger partial charge in [-0.2, -0.15) is 0 Å². The van der Waals surface area contributed by atoms with Crippen molar-refractivity contribution in [2.75, 3.05) is 13.2 Å². The van der Waals surface area contributed by atoms with Gasteiger partial charge in [-0.25, -0.2) is 0 Å². The molecule has 0 rings (SSSR count). The molecule has 0 saturated carbocycles. The van der Waals surface area contributed by atoms with E-state index in [0.717, 1.165) is 44.9 Å². The molecule has 0 bridgehead atoms. The van der Waals surface area contributed by atoms with Gasteiger partial charge in [-0.05, 0) is 57.8 Å². The Labute approximate surface area is 392 Å². The average Bonchev–Trinajstić information content (AvgIpc) is 3.28. The molecule has 0 radical (unpaired) electrons. The molecule has 0 aliphatic carbocycles. The van der Waals surface area contributed by atoms with Crippen LogP contribution in [0.4, 0.5) is 0 Å². The molecule has 3 N–H and O–H groups in total. The quantitative estimate of drug-likeness (QED) is 0.0321. The molecule has 63 heavy (non-hydrogen) atoms. The molecule has 0 saturated heterocycles. The maximum absolute atomic E-state index is 12.5. The van der Waals surface area contributed by atoms with Crippen LogP contribution in [0.15, 0.2) is 24.3 Å². The van der Waals surface area contributed by atoms with Gasteiger partial charge in [-0.1, -0.05) is 256 Å². The van der Waals surface area contributed by atoms with E-state index in [9.17, 15) is 19.8 Å². The van der Waals surface area contributed by atoms with Crippen molar-refractivity contribution >= 4 is 11.9 Å². The van der Waals surface area contributed by atoms with Crippen LogP contribution < -0.4 is 5.32 Å². The van der Waals surface area contributed by atoms with Gasteiger partial charge < -0.3 is 20.3 Å². The topological polar surface area (TPSA) is 95.9 Å². The SMILES string of the molecule is CCCCC/C=C\CCCCCCCC(=O)OCCCCCCCCCCCCCCCCCCCC(=O)NC(CO)C(O)/C=C/CCCCCCCCCCCCCCCCC. The molecule has 6 heteroatoms. The molecule has 0 spiro atoms. The first kappa shape index (κ1) is 61.3. The lowest BCUT2D eigenvalue weighted by atomic mass is 10.0. The molecule has 0 aromatic carbocycles. The number of aliphatic hydroxyl groups excluding tert-OH is 2. The van der Waals surface area contributed by atoms with Crippen LogP contribution in [-0.2, 0) is 14.3 Å².